The molecule has 0 aliphatic carbocycles. The Hall–Kier alpha value is -2.41. The molecule has 3 rings (SSSR count). The molecular weight excluding hydrogens is 276 g/mol. The maximum absolute atomic E-state index is 12.3. The van der Waals surface area contributed by atoms with Gasteiger partial charge in [-0.05, 0) is 24.4 Å². The van der Waals surface area contributed by atoms with Crippen LogP contribution in [0.4, 0.5) is 11.5 Å². The average molecular weight is 288 g/mol. The van der Waals surface area contributed by atoms with Crippen LogP contribution in [0.25, 0.3) is 11.1 Å². The summed E-state index contributed by atoms with van der Waals surface area (Å²) in [6.07, 6.45) is 0. The van der Waals surface area contributed by atoms with E-state index >= 15 is 0 Å². The molecule has 0 saturated carbocycles. The quantitative estimate of drug-likeness (QED) is 0.733. The number of hydrogen-bond acceptors (Lipinski definition) is 5. The highest BCUT2D eigenvalue weighted by molar-refractivity contribution is 7.71. The van der Waals surface area contributed by atoms with Crippen molar-refractivity contribution >= 4 is 34.8 Å². The second-order valence-corrected chi connectivity index (χ2v) is 4.77. The highest BCUT2D eigenvalue weighted by Gasteiger charge is 2.17. The summed E-state index contributed by atoms with van der Waals surface area (Å²) in [5.41, 5.74) is 0.953. The number of anilines is 2. The fourth-order valence-corrected chi connectivity index (χ4v) is 2.18. The van der Waals surface area contributed by atoms with Gasteiger partial charge in [-0.1, -0.05) is 23.4 Å². The average Bonchev–Trinajstić information content (AvgIpc) is 2.88. The number of aromatic nitrogens is 3. The normalized spacial score (nSPS) is 10.9. The van der Waals surface area contributed by atoms with E-state index in [4.69, 9.17) is 16.7 Å². The summed E-state index contributed by atoms with van der Waals surface area (Å²) in [5.74, 6) is 0.386. The highest BCUT2D eigenvalue weighted by atomic mass is 32.1. The van der Waals surface area contributed by atoms with E-state index in [9.17, 15) is 4.79 Å². The first kappa shape index (κ1) is 12.6. The molecule has 6 nitrogen and oxygen atoms in total. The van der Waals surface area contributed by atoms with Gasteiger partial charge in [0.1, 0.15) is 5.39 Å². The van der Waals surface area contributed by atoms with E-state index in [1.54, 1.807) is 18.7 Å². The lowest BCUT2D eigenvalue weighted by atomic mass is 10.3. The third-order valence-corrected chi connectivity index (χ3v) is 3.66. The molecule has 3 aromatic rings. The van der Waals surface area contributed by atoms with Crippen LogP contribution in [0.15, 0.2) is 39.6 Å². The molecule has 0 spiro atoms. The van der Waals surface area contributed by atoms with Crippen molar-refractivity contribution in [2.45, 2.75) is 0 Å². The summed E-state index contributed by atoms with van der Waals surface area (Å²) in [5, 5.41) is 7.39. The number of fused-ring (bicyclic) bond motifs is 1. The zero-order chi connectivity index (χ0) is 14.3. The summed E-state index contributed by atoms with van der Waals surface area (Å²) >= 11 is 5.17. The first-order chi connectivity index (χ1) is 9.59. The monoisotopic (exact) mass is 288 g/mol. The lowest BCUT2D eigenvalue weighted by molar-refractivity contribution is 0.438. The van der Waals surface area contributed by atoms with Crippen molar-refractivity contribution in [2.75, 3.05) is 5.32 Å². The van der Waals surface area contributed by atoms with Crippen LogP contribution in [0.5, 0.6) is 0 Å². The minimum Gasteiger partial charge on any atom is -0.337 e. The van der Waals surface area contributed by atoms with Gasteiger partial charge in [0.25, 0.3) is 5.56 Å². The SMILES string of the molecule is Cn1c(=O)c2c(Nc3ccccc3)noc2n(C)c1=S. The Morgan fingerprint density at radius 2 is 1.90 bits per heavy atom. The van der Waals surface area contributed by atoms with Gasteiger partial charge in [0.2, 0.25) is 5.71 Å². The summed E-state index contributed by atoms with van der Waals surface area (Å²) in [6.45, 7) is 0. The molecule has 1 N–H and O–H groups in total. The molecule has 0 amide bonds. The van der Waals surface area contributed by atoms with E-state index in [0.29, 0.717) is 21.7 Å². The predicted molar refractivity (Wildman–Crippen MR) is 78.8 cm³/mol. The Labute approximate surface area is 119 Å². The molecule has 0 saturated heterocycles. The number of nitrogens with zero attached hydrogens (tertiary/aromatic N) is 3. The van der Waals surface area contributed by atoms with Gasteiger partial charge in [0.05, 0.1) is 0 Å². The van der Waals surface area contributed by atoms with Crippen LogP contribution in [0.3, 0.4) is 0 Å². The second kappa shape index (κ2) is 4.61. The summed E-state index contributed by atoms with van der Waals surface area (Å²) in [4.78, 5) is 12.3. The van der Waals surface area contributed by atoms with Gasteiger partial charge in [0.15, 0.2) is 10.6 Å². The molecule has 2 heterocycles. The van der Waals surface area contributed by atoms with Crippen molar-refractivity contribution in [1.82, 2.24) is 14.3 Å². The molecule has 0 aliphatic rings. The standard InChI is InChI=1S/C13H12N4O2S/c1-16-11(18)9-10(14-8-6-4-3-5-7-8)15-19-12(9)17(2)13(16)20/h3-7H,1-2H3,(H,14,15). The van der Waals surface area contributed by atoms with Crippen molar-refractivity contribution in [3.05, 3.63) is 45.5 Å². The summed E-state index contributed by atoms with van der Waals surface area (Å²) < 4.78 is 8.63. The largest absolute Gasteiger partial charge is 0.337 e. The number of hydrogen-bond donors (Lipinski definition) is 1. The third kappa shape index (κ3) is 1.83. The van der Waals surface area contributed by atoms with E-state index in [0.717, 1.165) is 5.69 Å². The van der Waals surface area contributed by atoms with Gasteiger partial charge >= 0.3 is 0 Å². The van der Waals surface area contributed by atoms with Crippen LogP contribution in [0.2, 0.25) is 0 Å². The van der Waals surface area contributed by atoms with Gasteiger partial charge in [0, 0.05) is 19.8 Å². The number of aryl methyl sites for hydroxylation is 1. The van der Waals surface area contributed by atoms with Crippen molar-refractivity contribution in [2.24, 2.45) is 14.1 Å². The number of para-hydroxylation sites is 1. The molecule has 102 valence electrons. The van der Waals surface area contributed by atoms with Crippen molar-refractivity contribution < 1.29 is 4.52 Å². The molecule has 1 aromatic carbocycles. The molecular formula is C13H12N4O2S. The lowest BCUT2D eigenvalue weighted by Gasteiger charge is -2.05. The molecule has 0 aliphatic heterocycles. The smallest absolute Gasteiger partial charge is 0.269 e. The maximum Gasteiger partial charge on any atom is 0.269 e. The number of nitrogens with one attached hydrogen (secondary N) is 1. The van der Waals surface area contributed by atoms with E-state index in [-0.39, 0.29) is 5.56 Å². The Bertz CT molecular complexity index is 892. The first-order valence-corrected chi connectivity index (χ1v) is 6.38. The zero-order valence-electron chi connectivity index (χ0n) is 11.0. The van der Waals surface area contributed by atoms with E-state index in [1.165, 1.54) is 4.57 Å². The Morgan fingerprint density at radius 3 is 2.60 bits per heavy atom. The molecule has 0 unspecified atom stereocenters. The van der Waals surface area contributed by atoms with Crippen molar-refractivity contribution in [3.8, 4) is 0 Å². The topological polar surface area (TPSA) is 65.0 Å². The predicted octanol–water partition coefficient (Wildman–Crippen LogP) is 2.34. The third-order valence-electron chi connectivity index (χ3n) is 3.11. The van der Waals surface area contributed by atoms with E-state index in [1.807, 2.05) is 30.3 Å². The van der Waals surface area contributed by atoms with Gasteiger partial charge in [-0.3, -0.25) is 13.9 Å². The lowest BCUT2D eigenvalue weighted by Crippen LogP contribution is -2.21. The maximum atomic E-state index is 12.3. The van der Waals surface area contributed by atoms with Crippen LogP contribution < -0.4 is 10.9 Å². The fraction of sp³-hybridized carbons (Fsp3) is 0.154. The highest BCUT2D eigenvalue weighted by Crippen LogP contribution is 2.22. The number of benzene rings is 1. The zero-order valence-corrected chi connectivity index (χ0v) is 11.8. The fourth-order valence-electron chi connectivity index (χ4n) is 2.01. The van der Waals surface area contributed by atoms with Gasteiger partial charge in [-0.15, -0.1) is 0 Å². The molecule has 0 atom stereocenters. The first-order valence-electron chi connectivity index (χ1n) is 5.97. The summed E-state index contributed by atoms with van der Waals surface area (Å²) in [6, 6.07) is 9.46. The van der Waals surface area contributed by atoms with Gasteiger partial charge in [-0.2, -0.15) is 0 Å². The van der Waals surface area contributed by atoms with Gasteiger partial charge < -0.3 is 9.84 Å². The minimum atomic E-state index is -0.234. The second-order valence-electron chi connectivity index (χ2n) is 4.41. The molecule has 0 radical (unpaired) electrons. The molecule has 20 heavy (non-hydrogen) atoms. The van der Waals surface area contributed by atoms with Crippen LogP contribution in [0, 0.1) is 4.77 Å². The minimum absolute atomic E-state index is 0.234. The Kier molecular flexibility index (Phi) is 2.90. The Balaban J connectivity index is 2.24. The molecule has 0 fully saturated rings. The molecule has 7 heteroatoms. The molecule has 2 aromatic heterocycles. The van der Waals surface area contributed by atoms with Crippen LogP contribution in [-0.2, 0) is 14.1 Å². The van der Waals surface area contributed by atoms with Crippen molar-refractivity contribution in [3.63, 3.8) is 0 Å². The Morgan fingerprint density at radius 1 is 1.20 bits per heavy atom. The number of rotatable bonds is 2. The van der Waals surface area contributed by atoms with E-state index in [2.05, 4.69) is 10.5 Å². The van der Waals surface area contributed by atoms with Gasteiger partial charge in [-0.25, -0.2) is 0 Å². The summed E-state index contributed by atoms with van der Waals surface area (Å²) in [7, 11) is 3.37. The van der Waals surface area contributed by atoms with E-state index < -0.39 is 0 Å². The van der Waals surface area contributed by atoms with Crippen LogP contribution in [0.1, 0.15) is 0 Å². The van der Waals surface area contributed by atoms with Crippen molar-refractivity contribution in [1.29, 1.82) is 0 Å². The van der Waals surface area contributed by atoms with Crippen LogP contribution >= 0.6 is 12.2 Å². The molecule has 0 bridgehead atoms. The van der Waals surface area contributed by atoms with Crippen LogP contribution in [-0.4, -0.2) is 14.3 Å².